The van der Waals surface area contributed by atoms with Crippen molar-refractivity contribution in [1.29, 1.82) is 10.5 Å². The molecule has 0 aromatic carbocycles. The van der Waals surface area contributed by atoms with Gasteiger partial charge in [-0.15, -0.1) is 0 Å². The molecule has 1 unspecified atom stereocenters. The molecule has 1 atom stereocenters. The fourth-order valence-electron chi connectivity index (χ4n) is 1.29. The lowest BCUT2D eigenvalue weighted by molar-refractivity contribution is -0.154. The number of Topliss-reactive ketones (excluding diaryl/α,β-unsaturated/α-hetero) is 2. The van der Waals surface area contributed by atoms with E-state index in [0.29, 0.717) is 0 Å². The van der Waals surface area contributed by atoms with Gasteiger partial charge in [0.05, 0.1) is 19.3 Å². The van der Waals surface area contributed by atoms with E-state index in [1.165, 1.54) is 19.9 Å². The Bertz CT molecular complexity index is 579. The molecule has 0 radical (unpaired) electrons. The van der Waals surface area contributed by atoms with Gasteiger partial charge in [-0.3, -0.25) is 9.59 Å². The predicted molar refractivity (Wildman–Crippen MR) is 70.7 cm³/mol. The Kier molecular flexibility index (Phi) is 8.49. The van der Waals surface area contributed by atoms with Crippen LogP contribution in [-0.2, 0) is 28.7 Å². The summed E-state index contributed by atoms with van der Waals surface area (Å²) in [6.45, 7) is 2.93. The number of hydrogen-bond donors (Lipinski definition) is 0. The van der Waals surface area contributed by atoms with Crippen molar-refractivity contribution >= 4 is 23.5 Å². The first-order valence-electron chi connectivity index (χ1n) is 6.35. The van der Waals surface area contributed by atoms with Crippen LogP contribution in [0.3, 0.4) is 0 Å². The van der Waals surface area contributed by atoms with Crippen LogP contribution >= 0.6 is 0 Å². The molecule has 0 spiro atoms. The van der Waals surface area contributed by atoms with Crippen molar-refractivity contribution in [2.24, 2.45) is 5.92 Å². The van der Waals surface area contributed by atoms with Gasteiger partial charge in [0, 0.05) is 0 Å². The molecule has 0 rings (SSSR count). The van der Waals surface area contributed by atoms with E-state index in [9.17, 15) is 19.2 Å². The van der Waals surface area contributed by atoms with E-state index in [4.69, 9.17) is 10.5 Å². The molecule has 0 aromatic heterocycles. The molecule has 0 amide bonds. The van der Waals surface area contributed by atoms with Crippen molar-refractivity contribution in [3.8, 4) is 12.1 Å². The lowest BCUT2D eigenvalue weighted by Crippen LogP contribution is -2.25. The second-order valence-electron chi connectivity index (χ2n) is 3.78. The summed E-state index contributed by atoms with van der Waals surface area (Å²) in [7, 11) is 0. The van der Waals surface area contributed by atoms with Gasteiger partial charge in [-0.1, -0.05) is 6.08 Å². The normalized spacial score (nSPS) is 11.5. The van der Waals surface area contributed by atoms with E-state index in [-0.39, 0.29) is 19.6 Å². The van der Waals surface area contributed by atoms with Crippen molar-refractivity contribution in [2.75, 3.05) is 13.2 Å². The topological polar surface area (TPSA) is 134 Å². The zero-order valence-corrected chi connectivity index (χ0v) is 12.1. The van der Waals surface area contributed by atoms with Crippen molar-refractivity contribution in [3.05, 3.63) is 11.6 Å². The summed E-state index contributed by atoms with van der Waals surface area (Å²) < 4.78 is 8.92. The number of rotatable bonds is 8. The van der Waals surface area contributed by atoms with Crippen molar-refractivity contribution in [3.63, 3.8) is 0 Å². The molecule has 8 nitrogen and oxygen atoms in total. The van der Waals surface area contributed by atoms with Crippen LogP contribution in [0.2, 0.25) is 0 Å². The molecule has 0 aromatic rings. The molecule has 0 saturated carbocycles. The van der Waals surface area contributed by atoms with Crippen LogP contribution in [0.5, 0.6) is 0 Å². The fourth-order valence-corrected chi connectivity index (χ4v) is 1.29. The predicted octanol–water partition coefficient (Wildman–Crippen LogP) is 0.231. The summed E-state index contributed by atoms with van der Waals surface area (Å²) in [5.41, 5.74) is -0.560. The van der Waals surface area contributed by atoms with E-state index in [2.05, 4.69) is 9.47 Å². The van der Waals surface area contributed by atoms with Gasteiger partial charge in [0.2, 0.25) is 0 Å². The minimum absolute atomic E-state index is 0.0245. The third-order valence-corrected chi connectivity index (χ3v) is 2.33. The minimum atomic E-state index is -1.41. The summed E-state index contributed by atoms with van der Waals surface area (Å²) in [4.78, 5) is 45.6. The maximum absolute atomic E-state index is 11.6. The third-order valence-electron chi connectivity index (χ3n) is 2.33. The highest BCUT2D eigenvalue weighted by Gasteiger charge is 2.27. The second-order valence-corrected chi connectivity index (χ2v) is 3.78. The number of ether oxygens (including phenoxy) is 2. The number of carbonyl (C=O) groups is 4. The van der Waals surface area contributed by atoms with Crippen LogP contribution in [-0.4, -0.2) is 36.7 Å². The molecule has 0 heterocycles. The van der Waals surface area contributed by atoms with Crippen LogP contribution in [0, 0.1) is 28.6 Å². The number of carbonyl (C=O) groups excluding carboxylic acids is 4. The van der Waals surface area contributed by atoms with Gasteiger partial charge in [0.15, 0.2) is 0 Å². The highest BCUT2D eigenvalue weighted by atomic mass is 16.5. The maximum Gasteiger partial charge on any atom is 0.380 e. The molecule has 0 bridgehead atoms. The summed E-state index contributed by atoms with van der Waals surface area (Å²) >= 11 is 0. The number of ketones is 2. The highest BCUT2D eigenvalue weighted by Crippen LogP contribution is 2.09. The van der Waals surface area contributed by atoms with Gasteiger partial charge in [-0.05, 0) is 20.3 Å². The first-order valence-corrected chi connectivity index (χ1v) is 6.35. The van der Waals surface area contributed by atoms with Gasteiger partial charge >= 0.3 is 11.9 Å². The number of nitriles is 2. The molecule has 0 N–H and O–H groups in total. The monoisotopic (exact) mass is 306 g/mol. The zero-order valence-electron chi connectivity index (χ0n) is 12.1. The number of hydrogen-bond acceptors (Lipinski definition) is 8. The Morgan fingerprint density at radius 1 is 1.05 bits per heavy atom. The van der Waals surface area contributed by atoms with E-state index in [1.54, 1.807) is 6.07 Å². The lowest BCUT2D eigenvalue weighted by Gasteiger charge is -2.05. The largest absolute Gasteiger partial charge is 0.460 e. The van der Waals surface area contributed by atoms with Gasteiger partial charge in [-0.25, -0.2) is 9.59 Å². The Labute approximate surface area is 126 Å². The van der Waals surface area contributed by atoms with Crippen LogP contribution < -0.4 is 0 Å². The molecule has 0 fully saturated rings. The standard InChI is InChI=1S/C14H14N2O6/c1-3-21-13(19)11(17)9(7-15)5-6-10(8-16)12(18)14(20)22-4-2/h5,10H,3-4,6H2,1-2H3/b9-5+. The first kappa shape index (κ1) is 19.0. The van der Waals surface area contributed by atoms with Gasteiger partial charge in [-0.2, -0.15) is 10.5 Å². The summed E-state index contributed by atoms with van der Waals surface area (Å²) in [5.74, 6) is -6.04. The molecule has 0 aliphatic carbocycles. The van der Waals surface area contributed by atoms with E-state index in [0.717, 1.165) is 6.08 Å². The zero-order chi connectivity index (χ0) is 17.1. The molecular weight excluding hydrogens is 292 g/mol. The fraction of sp³-hybridized carbons (Fsp3) is 0.429. The van der Waals surface area contributed by atoms with E-state index in [1.807, 2.05) is 0 Å². The highest BCUT2D eigenvalue weighted by molar-refractivity contribution is 6.41. The number of esters is 2. The Balaban J connectivity index is 5.03. The van der Waals surface area contributed by atoms with Crippen LogP contribution in [0.15, 0.2) is 11.6 Å². The quantitative estimate of drug-likeness (QED) is 0.269. The lowest BCUT2D eigenvalue weighted by atomic mass is 9.99. The average Bonchev–Trinajstić information content (AvgIpc) is 2.51. The average molecular weight is 306 g/mol. The molecule has 8 heteroatoms. The number of allylic oxidation sites excluding steroid dienone is 1. The molecule has 116 valence electrons. The van der Waals surface area contributed by atoms with Gasteiger partial charge in [0.25, 0.3) is 11.6 Å². The molecule has 0 saturated heterocycles. The molecular formula is C14H14N2O6. The third kappa shape index (κ3) is 5.55. The van der Waals surface area contributed by atoms with Crippen LogP contribution in [0.1, 0.15) is 20.3 Å². The van der Waals surface area contributed by atoms with Crippen molar-refractivity contribution < 1.29 is 28.7 Å². The van der Waals surface area contributed by atoms with Gasteiger partial charge in [0.1, 0.15) is 17.6 Å². The second kappa shape index (κ2) is 9.83. The van der Waals surface area contributed by atoms with E-state index < -0.39 is 35.0 Å². The smallest absolute Gasteiger partial charge is 0.380 e. The Morgan fingerprint density at radius 3 is 2.05 bits per heavy atom. The molecule has 22 heavy (non-hydrogen) atoms. The minimum Gasteiger partial charge on any atom is -0.460 e. The Hall–Kier alpha value is -3.00. The Morgan fingerprint density at radius 2 is 1.59 bits per heavy atom. The van der Waals surface area contributed by atoms with Crippen LogP contribution in [0.4, 0.5) is 0 Å². The SMILES string of the molecule is CCOC(=O)C(=O)/C(C#N)=C/CC(C#N)C(=O)C(=O)OCC. The van der Waals surface area contributed by atoms with Gasteiger partial charge < -0.3 is 9.47 Å². The van der Waals surface area contributed by atoms with Crippen molar-refractivity contribution in [2.45, 2.75) is 20.3 Å². The summed E-state index contributed by atoms with van der Waals surface area (Å²) in [6, 6.07) is 3.07. The maximum atomic E-state index is 11.6. The molecule has 0 aliphatic heterocycles. The van der Waals surface area contributed by atoms with Crippen molar-refractivity contribution in [1.82, 2.24) is 0 Å². The molecule has 0 aliphatic rings. The van der Waals surface area contributed by atoms with Crippen LogP contribution in [0.25, 0.3) is 0 Å². The number of nitrogens with zero attached hydrogens (tertiary/aromatic N) is 2. The summed E-state index contributed by atoms with van der Waals surface area (Å²) in [5, 5.41) is 17.7. The summed E-state index contributed by atoms with van der Waals surface area (Å²) in [6.07, 6.45) is 0.576. The first-order chi connectivity index (χ1) is 10.4. The van der Waals surface area contributed by atoms with E-state index >= 15 is 0 Å².